The van der Waals surface area contributed by atoms with Gasteiger partial charge in [-0.1, -0.05) is 39.0 Å². The second kappa shape index (κ2) is 21.5. The van der Waals surface area contributed by atoms with Gasteiger partial charge in [0.25, 0.3) is 0 Å². The van der Waals surface area contributed by atoms with E-state index < -0.39 is 17.7 Å². The van der Waals surface area contributed by atoms with Crippen LogP contribution in [0.3, 0.4) is 0 Å². The Morgan fingerprint density at radius 1 is 0.481 bits per heavy atom. The molecule has 0 spiro atoms. The van der Waals surface area contributed by atoms with Crippen LogP contribution in [0.4, 0.5) is 11.4 Å². The van der Waals surface area contributed by atoms with Crippen molar-refractivity contribution in [1.29, 1.82) is 0 Å². The van der Waals surface area contributed by atoms with E-state index in [0.717, 1.165) is 25.7 Å². The fourth-order valence-corrected chi connectivity index (χ4v) is 4.79. The number of carbonyl (C=O) groups is 2. The predicted octanol–water partition coefficient (Wildman–Crippen LogP) is 1.23. The molecule has 2 aromatic rings. The van der Waals surface area contributed by atoms with Crippen LogP contribution in [0.5, 0.6) is 0 Å². The lowest BCUT2D eigenvalue weighted by Gasteiger charge is -2.19. The first-order valence-electron chi connectivity index (χ1n) is 17.0. The summed E-state index contributed by atoms with van der Waals surface area (Å²) >= 11 is 0. The number of guanidine groups is 4. The number of hydrogen-bond donors (Lipinski definition) is 10. The summed E-state index contributed by atoms with van der Waals surface area (Å²) in [5, 5.41) is 36.9. The van der Waals surface area contributed by atoms with Crippen molar-refractivity contribution < 1.29 is 9.59 Å². The second-order valence-corrected chi connectivity index (χ2v) is 12.2. The van der Waals surface area contributed by atoms with Crippen molar-refractivity contribution in [3.05, 3.63) is 58.7 Å². The van der Waals surface area contributed by atoms with Crippen LogP contribution >= 0.6 is 0 Å². The molecule has 0 aliphatic heterocycles. The van der Waals surface area contributed by atoms with Crippen LogP contribution in [0.1, 0.15) is 95.4 Å². The predicted molar refractivity (Wildman–Crippen MR) is 219 cm³/mol. The third-order valence-corrected chi connectivity index (χ3v) is 7.56. The maximum atomic E-state index is 14.0. The lowest BCUT2D eigenvalue weighted by Crippen LogP contribution is -2.34. The van der Waals surface area contributed by atoms with Crippen molar-refractivity contribution >= 4 is 69.9 Å². The average molecular weight is 745 g/mol. The Bertz CT molecular complexity index is 1660. The zero-order valence-corrected chi connectivity index (χ0v) is 31.3. The highest BCUT2D eigenvalue weighted by Gasteiger charge is 2.27. The molecule has 0 aliphatic carbocycles. The van der Waals surface area contributed by atoms with Crippen LogP contribution in [-0.4, -0.2) is 58.5 Å². The molecule has 2 rings (SSSR count). The van der Waals surface area contributed by atoms with Gasteiger partial charge >= 0.3 is 0 Å². The van der Waals surface area contributed by atoms with Crippen molar-refractivity contribution in [1.82, 2.24) is 0 Å². The Labute approximate surface area is 314 Å². The van der Waals surface area contributed by atoms with E-state index in [0.29, 0.717) is 62.9 Å². The van der Waals surface area contributed by atoms with Gasteiger partial charge in [0.05, 0.1) is 22.8 Å². The standard InChI is InChI=1S/C34H52N18O2/c1-6-7-8-9-10-11-28(29(53)43-26-14-22(18(2)45-49-31(35)36)12-23(15-26)19(3)46-50-32(37)38)30(54)44-27-16-24(20(4)47-51-33(39)40)13-25(17-27)21(5)48-52-34(41)42/h12-17,28H,6-11H2,1-5H3,(H,43,53)(H,44,54)(H4,35,36,49)(H4,37,38,50)(H4,39,40,51)(H4,41,42,52)/b45-18-,46-19+,47-20-,48-21+. The van der Waals surface area contributed by atoms with Crippen LogP contribution in [0.2, 0.25) is 0 Å². The van der Waals surface area contributed by atoms with E-state index in [9.17, 15) is 9.59 Å². The molecule has 20 nitrogen and oxygen atoms in total. The largest absolute Gasteiger partial charge is 0.369 e. The molecular weight excluding hydrogens is 692 g/mol. The van der Waals surface area contributed by atoms with Gasteiger partial charge in [-0.25, -0.2) is 0 Å². The van der Waals surface area contributed by atoms with Gasteiger partial charge in [0.15, 0.2) is 0 Å². The fraction of sp³-hybridized carbons (Fsp3) is 0.353. The van der Waals surface area contributed by atoms with Crippen LogP contribution < -0.4 is 56.5 Å². The molecule has 0 heterocycles. The van der Waals surface area contributed by atoms with Crippen LogP contribution in [0.15, 0.2) is 77.2 Å². The molecule has 0 fully saturated rings. The molecule has 0 saturated carbocycles. The molecule has 290 valence electrons. The van der Waals surface area contributed by atoms with Gasteiger partial charge in [0.2, 0.25) is 35.7 Å². The molecular formula is C34H52N18O2. The van der Waals surface area contributed by atoms with Crippen LogP contribution in [0, 0.1) is 5.92 Å². The first-order valence-corrected chi connectivity index (χ1v) is 17.0. The molecule has 0 aliphatic rings. The number of nitrogens with one attached hydrogen (secondary N) is 2. The van der Waals surface area contributed by atoms with Gasteiger partial charge in [0.1, 0.15) is 5.92 Å². The summed E-state index contributed by atoms with van der Waals surface area (Å²) in [6.07, 6.45) is 4.78. The highest BCUT2D eigenvalue weighted by atomic mass is 16.2. The zero-order chi connectivity index (χ0) is 40.4. The summed E-state index contributed by atoms with van der Waals surface area (Å²) < 4.78 is 0. The quantitative estimate of drug-likeness (QED) is 0.0342. The SMILES string of the molecule is CCCCCCCC(C(=O)Nc1cc(/C(C)=N\N=C(N)N)cc(/C(C)=N/N=C(N)N)c1)C(=O)Nc1cc(/C(C)=N\N=C(N)N)cc(/C(C)=N/N=C(N)N)c1. The van der Waals surface area contributed by atoms with Gasteiger partial charge in [-0.15, -0.1) is 20.4 Å². The molecule has 0 atom stereocenters. The van der Waals surface area contributed by atoms with Crippen LogP contribution in [-0.2, 0) is 9.59 Å². The molecule has 0 saturated heterocycles. The summed E-state index contributed by atoms with van der Waals surface area (Å²) in [6.45, 7) is 8.84. The minimum Gasteiger partial charge on any atom is -0.369 e. The van der Waals surface area contributed by atoms with Crippen molar-refractivity contribution in [2.45, 2.75) is 73.1 Å². The topological polar surface area (TPSA) is 365 Å². The lowest BCUT2D eigenvalue weighted by atomic mass is 9.97. The summed E-state index contributed by atoms with van der Waals surface area (Å²) in [5.74, 6) is -3.13. The summed E-state index contributed by atoms with van der Waals surface area (Å²) in [5.41, 5.74) is 48.3. The van der Waals surface area contributed by atoms with Gasteiger partial charge < -0.3 is 56.5 Å². The second-order valence-electron chi connectivity index (χ2n) is 12.2. The van der Waals surface area contributed by atoms with Crippen LogP contribution in [0.25, 0.3) is 0 Å². The third-order valence-electron chi connectivity index (χ3n) is 7.56. The van der Waals surface area contributed by atoms with Gasteiger partial charge in [-0.3, -0.25) is 9.59 Å². The smallest absolute Gasteiger partial charge is 0.236 e. The minimum absolute atomic E-state index is 0.234. The van der Waals surface area contributed by atoms with E-state index in [1.807, 2.05) is 0 Å². The summed E-state index contributed by atoms with van der Waals surface area (Å²) in [7, 11) is 0. The Morgan fingerprint density at radius 2 is 0.778 bits per heavy atom. The number of nitrogens with two attached hydrogens (primary N) is 8. The highest BCUT2D eigenvalue weighted by Crippen LogP contribution is 2.23. The molecule has 2 aromatic carbocycles. The first kappa shape index (κ1) is 43.3. The van der Waals surface area contributed by atoms with E-state index >= 15 is 0 Å². The molecule has 18 N–H and O–H groups in total. The van der Waals surface area contributed by atoms with Crippen molar-refractivity contribution in [3.8, 4) is 0 Å². The van der Waals surface area contributed by atoms with Crippen molar-refractivity contribution in [3.63, 3.8) is 0 Å². The monoisotopic (exact) mass is 744 g/mol. The molecule has 2 amide bonds. The summed E-state index contributed by atoms with van der Waals surface area (Å²) in [4.78, 5) is 28.1. The minimum atomic E-state index is -1.11. The number of carbonyl (C=O) groups excluding carboxylic acids is 2. The number of benzene rings is 2. The van der Waals surface area contributed by atoms with Gasteiger partial charge in [-0.2, -0.15) is 20.4 Å². The fourth-order valence-electron chi connectivity index (χ4n) is 4.79. The molecule has 54 heavy (non-hydrogen) atoms. The Kier molecular flexibility index (Phi) is 17.2. The van der Waals surface area contributed by atoms with Gasteiger partial charge in [-0.05, 0) is 70.5 Å². The summed E-state index contributed by atoms with van der Waals surface area (Å²) in [6, 6.07) is 10.2. The number of unbranched alkanes of at least 4 members (excludes halogenated alkanes) is 4. The van der Waals surface area contributed by atoms with Crippen molar-refractivity contribution in [2.75, 3.05) is 10.6 Å². The van der Waals surface area contributed by atoms with Crippen molar-refractivity contribution in [2.24, 2.45) is 92.6 Å². The van der Waals surface area contributed by atoms with E-state index in [4.69, 9.17) is 45.9 Å². The number of nitrogens with zero attached hydrogens (tertiary/aromatic N) is 8. The maximum Gasteiger partial charge on any atom is 0.236 e. The molecule has 0 radical (unpaired) electrons. The number of hydrogen-bond acceptors (Lipinski definition) is 10. The van der Waals surface area contributed by atoms with E-state index in [1.165, 1.54) is 0 Å². The molecule has 0 unspecified atom stereocenters. The highest BCUT2D eigenvalue weighted by molar-refractivity contribution is 6.13. The molecule has 0 aromatic heterocycles. The van der Waals surface area contributed by atoms with E-state index in [-0.39, 0.29) is 30.3 Å². The molecule has 20 heteroatoms. The number of rotatable bonds is 18. The number of anilines is 2. The zero-order valence-electron chi connectivity index (χ0n) is 31.3. The Morgan fingerprint density at radius 3 is 1.06 bits per heavy atom. The number of amides is 2. The van der Waals surface area contributed by atoms with E-state index in [2.05, 4.69) is 58.4 Å². The Hall–Kier alpha value is -6.86. The first-order chi connectivity index (χ1) is 25.5. The third kappa shape index (κ3) is 15.2. The normalized spacial score (nSPS) is 12.1. The van der Waals surface area contributed by atoms with E-state index in [1.54, 1.807) is 64.1 Å². The molecule has 0 bridgehead atoms. The van der Waals surface area contributed by atoms with Gasteiger partial charge in [0, 0.05) is 33.6 Å². The maximum absolute atomic E-state index is 14.0. The Balaban J connectivity index is 2.63. The average Bonchev–Trinajstić information content (AvgIpc) is 3.11. The lowest BCUT2D eigenvalue weighted by molar-refractivity contribution is -0.129.